The van der Waals surface area contributed by atoms with Crippen LogP contribution in [0.2, 0.25) is 0 Å². The number of hydrogen-bond acceptors (Lipinski definition) is 6. The first-order chi connectivity index (χ1) is 11.1. The molecule has 0 fully saturated rings. The maximum absolute atomic E-state index is 11.8. The predicted octanol–water partition coefficient (Wildman–Crippen LogP) is 2.09. The van der Waals surface area contributed by atoms with Gasteiger partial charge in [-0.3, -0.25) is 14.9 Å². The minimum atomic E-state index is -0.553. The van der Waals surface area contributed by atoms with E-state index in [9.17, 15) is 14.9 Å². The Bertz CT molecular complexity index is 789. The van der Waals surface area contributed by atoms with Gasteiger partial charge in [0.25, 0.3) is 11.6 Å². The van der Waals surface area contributed by atoms with Crippen molar-refractivity contribution in [3.05, 3.63) is 63.7 Å². The Hall–Kier alpha value is -3.42. The topological polar surface area (TPSA) is 103 Å². The zero-order valence-electron chi connectivity index (χ0n) is 11.8. The van der Waals surface area contributed by atoms with Crippen LogP contribution in [0.15, 0.2) is 47.6 Å². The minimum Gasteiger partial charge on any atom is -0.454 e. The van der Waals surface area contributed by atoms with Crippen LogP contribution in [0.3, 0.4) is 0 Å². The van der Waals surface area contributed by atoms with Crippen molar-refractivity contribution in [1.29, 1.82) is 0 Å². The lowest BCUT2D eigenvalue weighted by Gasteiger charge is -2.01. The van der Waals surface area contributed by atoms with Gasteiger partial charge in [-0.05, 0) is 18.2 Å². The molecule has 2 aromatic carbocycles. The van der Waals surface area contributed by atoms with Gasteiger partial charge in [-0.1, -0.05) is 18.2 Å². The fourth-order valence-corrected chi connectivity index (χ4v) is 2.02. The zero-order chi connectivity index (χ0) is 16.2. The van der Waals surface area contributed by atoms with Gasteiger partial charge < -0.3 is 9.47 Å². The Morgan fingerprint density at radius 2 is 1.91 bits per heavy atom. The maximum Gasteiger partial charge on any atom is 0.282 e. The van der Waals surface area contributed by atoms with Gasteiger partial charge in [0.2, 0.25) is 6.79 Å². The smallest absolute Gasteiger partial charge is 0.282 e. The van der Waals surface area contributed by atoms with Crippen molar-refractivity contribution in [2.45, 2.75) is 0 Å². The van der Waals surface area contributed by atoms with Crippen LogP contribution in [-0.4, -0.2) is 23.8 Å². The summed E-state index contributed by atoms with van der Waals surface area (Å²) in [5, 5.41) is 14.9. The molecule has 1 N–H and O–H groups in total. The molecule has 0 unspecified atom stereocenters. The van der Waals surface area contributed by atoms with E-state index in [1.54, 1.807) is 30.3 Å². The molecule has 1 amide bonds. The number of carbonyl (C=O) groups excluding carboxylic acids is 1. The van der Waals surface area contributed by atoms with Crippen molar-refractivity contribution in [3.8, 4) is 11.5 Å². The number of nitrogens with zero attached hydrogens (tertiary/aromatic N) is 2. The second-order valence-electron chi connectivity index (χ2n) is 4.59. The van der Waals surface area contributed by atoms with E-state index < -0.39 is 10.8 Å². The molecule has 1 aliphatic heterocycles. The van der Waals surface area contributed by atoms with E-state index >= 15 is 0 Å². The lowest BCUT2D eigenvalue weighted by Crippen LogP contribution is -2.17. The zero-order valence-corrected chi connectivity index (χ0v) is 11.8. The van der Waals surface area contributed by atoms with Gasteiger partial charge >= 0.3 is 0 Å². The number of amides is 1. The highest BCUT2D eigenvalue weighted by molar-refractivity contribution is 5.95. The average molecular weight is 313 g/mol. The van der Waals surface area contributed by atoms with Crippen molar-refractivity contribution >= 4 is 17.8 Å². The van der Waals surface area contributed by atoms with E-state index in [-0.39, 0.29) is 18.0 Å². The van der Waals surface area contributed by atoms with Crippen molar-refractivity contribution in [2.75, 3.05) is 6.79 Å². The van der Waals surface area contributed by atoms with Gasteiger partial charge in [0.05, 0.1) is 22.8 Å². The SMILES string of the molecule is O=C(NN=Cc1cc2c(cc1[N+](=O)[O-])OCO2)c1ccccc1. The Morgan fingerprint density at radius 1 is 1.22 bits per heavy atom. The summed E-state index contributed by atoms with van der Waals surface area (Å²) in [7, 11) is 0. The highest BCUT2D eigenvalue weighted by atomic mass is 16.7. The molecule has 8 heteroatoms. The fraction of sp³-hybridized carbons (Fsp3) is 0.0667. The Balaban J connectivity index is 1.79. The molecule has 0 saturated carbocycles. The summed E-state index contributed by atoms with van der Waals surface area (Å²) in [5.74, 6) is 0.291. The molecule has 0 spiro atoms. The van der Waals surface area contributed by atoms with Crippen molar-refractivity contribution in [1.82, 2.24) is 5.43 Å². The lowest BCUT2D eigenvalue weighted by molar-refractivity contribution is -0.385. The molecule has 8 nitrogen and oxygen atoms in total. The van der Waals surface area contributed by atoms with Crippen LogP contribution >= 0.6 is 0 Å². The molecule has 0 atom stereocenters. The van der Waals surface area contributed by atoms with E-state index in [0.717, 1.165) is 0 Å². The first-order valence-electron chi connectivity index (χ1n) is 6.61. The number of rotatable bonds is 4. The quantitative estimate of drug-likeness (QED) is 0.529. The van der Waals surface area contributed by atoms with E-state index in [2.05, 4.69) is 10.5 Å². The summed E-state index contributed by atoms with van der Waals surface area (Å²) in [4.78, 5) is 22.4. The molecule has 1 aliphatic rings. The van der Waals surface area contributed by atoms with Gasteiger partial charge in [0.15, 0.2) is 11.5 Å². The molecule has 1 heterocycles. The number of nitrogens with one attached hydrogen (secondary N) is 1. The summed E-state index contributed by atoms with van der Waals surface area (Å²) >= 11 is 0. The Morgan fingerprint density at radius 3 is 2.61 bits per heavy atom. The third-order valence-corrected chi connectivity index (χ3v) is 3.12. The number of carbonyl (C=O) groups is 1. The fourth-order valence-electron chi connectivity index (χ4n) is 2.02. The molecule has 0 bridgehead atoms. The first-order valence-corrected chi connectivity index (χ1v) is 6.61. The van der Waals surface area contributed by atoms with Gasteiger partial charge in [-0.15, -0.1) is 0 Å². The van der Waals surface area contributed by atoms with Crippen LogP contribution in [0.4, 0.5) is 5.69 Å². The van der Waals surface area contributed by atoms with Crippen LogP contribution in [-0.2, 0) is 0 Å². The molecule has 0 saturated heterocycles. The van der Waals surface area contributed by atoms with E-state index in [0.29, 0.717) is 17.1 Å². The van der Waals surface area contributed by atoms with Crippen LogP contribution in [0.1, 0.15) is 15.9 Å². The van der Waals surface area contributed by atoms with Crippen LogP contribution in [0.25, 0.3) is 0 Å². The molecule has 0 aromatic heterocycles. The standard InChI is InChI=1S/C15H11N3O5/c19-15(10-4-2-1-3-5-10)17-16-8-11-6-13-14(23-9-22-13)7-12(11)18(20)21/h1-8H,9H2,(H,17,19). The molecule has 23 heavy (non-hydrogen) atoms. The summed E-state index contributed by atoms with van der Waals surface area (Å²) in [5.41, 5.74) is 2.77. The van der Waals surface area contributed by atoms with Crippen LogP contribution in [0.5, 0.6) is 11.5 Å². The van der Waals surface area contributed by atoms with Crippen molar-refractivity contribution in [3.63, 3.8) is 0 Å². The van der Waals surface area contributed by atoms with Crippen LogP contribution < -0.4 is 14.9 Å². The van der Waals surface area contributed by atoms with Crippen molar-refractivity contribution < 1.29 is 19.2 Å². The third-order valence-electron chi connectivity index (χ3n) is 3.12. The molecule has 116 valence electrons. The number of hydrogen-bond donors (Lipinski definition) is 1. The number of benzene rings is 2. The summed E-state index contributed by atoms with van der Waals surface area (Å²) in [6, 6.07) is 11.2. The minimum absolute atomic E-state index is 0.0117. The number of ether oxygens (including phenoxy) is 2. The second kappa shape index (κ2) is 6.14. The molecule has 0 aliphatic carbocycles. The largest absolute Gasteiger partial charge is 0.454 e. The van der Waals surface area contributed by atoms with Gasteiger partial charge in [0.1, 0.15) is 0 Å². The number of hydrazone groups is 1. The van der Waals surface area contributed by atoms with Gasteiger partial charge in [-0.2, -0.15) is 5.10 Å². The van der Waals surface area contributed by atoms with E-state index in [1.165, 1.54) is 18.3 Å². The number of nitro benzene ring substituents is 1. The lowest BCUT2D eigenvalue weighted by atomic mass is 10.1. The highest BCUT2D eigenvalue weighted by Gasteiger charge is 2.22. The van der Waals surface area contributed by atoms with E-state index in [1.807, 2.05) is 0 Å². The summed E-state index contributed by atoms with van der Waals surface area (Å²) < 4.78 is 10.3. The Kier molecular flexibility index (Phi) is 3.88. The molecule has 2 aromatic rings. The van der Waals surface area contributed by atoms with E-state index in [4.69, 9.17) is 9.47 Å². The second-order valence-corrected chi connectivity index (χ2v) is 4.59. The van der Waals surface area contributed by atoms with Crippen molar-refractivity contribution in [2.24, 2.45) is 5.10 Å². The van der Waals surface area contributed by atoms with Gasteiger partial charge in [-0.25, -0.2) is 5.43 Å². The summed E-state index contributed by atoms with van der Waals surface area (Å²) in [6.07, 6.45) is 1.20. The monoisotopic (exact) mass is 313 g/mol. The molecular weight excluding hydrogens is 302 g/mol. The predicted molar refractivity (Wildman–Crippen MR) is 80.7 cm³/mol. The molecule has 3 rings (SSSR count). The number of fused-ring (bicyclic) bond motifs is 1. The maximum atomic E-state index is 11.8. The van der Waals surface area contributed by atoms with Gasteiger partial charge in [0, 0.05) is 5.56 Å². The number of nitro groups is 1. The molecule has 0 radical (unpaired) electrons. The normalized spacial score (nSPS) is 12.3. The first kappa shape index (κ1) is 14.5. The average Bonchev–Trinajstić information content (AvgIpc) is 3.02. The Labute approximate surface area is 130 Å². The third kappa shape index (κ3) is 3.10. The molecular formula is C15H11N3O5. The summed E-state index contributed by atoms with van der Waals surface area (Å²) in [6.45, 7) is 0.0117. The van der Waals surface area contributed by atoms with Crippen LogP contribution in [0, 0.1) is 10.1 Å². The highest BCUT2D eigenvalue weighted by Crippen LogP contribution is 2.37.